The van der Waals surface area contributed by atoms with Crippen molar-refractivity contribution in [1.82, 2.24) is 14.9 Å². The van der Waals surface area contributed by atoms with Gasteiger partial charge < -0.3 is 14.9 Å². The average molecular weight is 359 g/mol. The van der Waals surface area contributed by atoms with Crippen molar-refractivity contribution in [1.29, 1.82) is 0 Å². The Morgan fingerprint density at radius 3 is 2.92 bits per heavy atom. The van der Waals surface area contributed by atoms with Gasteiger partial charge in [-0.25, -0.2) is 4.98 Å². The van der Waals surface area contributed by atoms with Gasteiger partial charge in [-0.2, -0.15) is 4.39 Å². The molecule has 1 aliphatic heterocycles. The van der Waals surface area contributed by atoms with Gasteiger partial charge in [0, 0.05) is 50.3 Å². The Morgan fingerprint density at radius 2 is 2.19 bits per heavy atom. The number of rotatable bonds is 5. The second-order valence-electron chi connectivity index (χ2n) is 7.27. The maximum Gasteiger partial charge on any atom is 0.255 e. The molecule has 138 valence electrons. The Hall–Kier alpha value is -2.25. The van der Waals surface area contributed by atoms with Crippen molar-refractivity contribution >= 4 is 0 Å². The van der Waals surface area contributed by atoms with Crippen molar-refractivity contribution < 1.29 is 19.3 Å². The predicted molar refractivity (Wildman–Crippen MR) is 92.3 cm³/mol. The molecule has 1 aliphatic carbocycles. The fraction of sp³-hybridized carbons (Fsp3) is 0.474. The van der Waals surface area contributed by atoms with E-state index in [1.807, 2.05) is 6.07 Å². The van der Waals surface area contributed by atoms with E-state index >= 15 is 0 Å². The van der Waals surface area contributed by atoms with Crippen LogP contribution in [0.5, 0.6) is 11.5 Å². The summed E-state index contributed by atoms with van der Waals surface area (Å²) in [4.78, 5) is 10.0. The first-order chi connectivity index (χ1) is 12.5. The van der Waals surface area contributed by atoms with Crippen molar-refractivity contribution in [3.63, 3.8) is 0 Å². The second kappa shape index (κ2) is 6.81. The molecule has 1 saturated carbocycles. The third-order valence-electron chi connectivity index (χ3n) is 5.38. The topological polar surface area (TPSA) is 78.7 Å². The number of aromatic hydroxyl groups is 1. The van der Waals surface area contributed by atoms with E-state index in [2.05, 4.69) is 14.9 Å². The van der Waals surface area contributed by atoms with Crippen molar-refractivity contribution in [2.75, 3.05) is 19.6 Å². The average Bonchev–Trinajstić information content (AvgIpc) is 3.07. The van der Waals surface area contributed by atoms with Crippen LogP contribution in [0.15, 0.2) is 36.7 Å². The molecule has 2 aromatic heterocycles. The molecule has 2 aromatic rings. The lowest BCUT2D eigenvalue weighted by atomic mass is 9.95. The largest absolute Gasteiger partial charge is 0.506 e. The van der Waals surface area contributed by atoms with Gasteiger partial charge in [0.25, 0.3) is 5.95 Å². The van der Waals surface area contributed by atoms with E-state index in [0.717, 1.165) is 25.2 Å². The van der Waals surface area contributed by atoms with Gasteiger partial charge in [0.05, 0.1) is 11.8 Å². The zero-order chi connectivity index (χ0) is 18.1. The van der Waals surface area contributed by atoms with Crippen LogP contribution in [-0.2, 0) is 6.42 Å². The first-order valence-corrected chi connectivity index (χ1v) is 8.88. The number of nitrogens with zero attached hydrogens (tertiary/aromatic N) is 3. The highest BCUT2D eigenvalue weighted by molar-refractivity contribution is 5.20. The monoisotopic (exact) mass is 359 g/mol. The van der Waals surface area contributed by atoms with Gasteiger partial charge in [-0.05, 0) is 30.7 Å². The third kappa shape index (κ3) is 3.50. The first-order valence-electron chi connectivity index (χ1n) is 8.88. The summed E-state index contributed by atoms with van der Waals surface area (Å²) in [7, 11) is 0. The minimum atomic E-state index is -0.786. The number of pyridine rings is 2. The number of ether oxygens (including phenoxy) is 1. The smallest absolute Gasteiger partial charge is 0.255 e. The van der Waals surface area contributed by atoms with Crippen molar-refractivity contribution in [2.24, 2.45) is 5.92 Å². The summed E-state index contributed by atoms with van der Waals surface area (Å²) in [6.45, 7) is 2.19. The summed E-state index contributed by atoms with van der Waals surface area (Å²) in [5.41, 5.74) is 0.131. The lowest BCUT2D eigenvalue weighted by Crippen LogP contribution is -2.36. The number of hydrogen-bond donors (Lipinski definition) is 2. The van der Waals surface area contributed by atoms with E-state index in [1.54, 1.807) is 18.2 Å². The second-order valence-corrected chi connectivity index (χ2v) is 7.27. The van der Waals surface area contributed by atoms with E-state index in [9.17, 15) is 14.6 Å². The normalized spacial score (nSPS) is 28.2. The van der Waals surface area contributed by atoms with Gasteiger partial charge in [0.2, 0.25) is 0 Å². The zero-order valence-corrected chi connectivity index (χ0v) is 14.4. The van der Waals surface area contributed by atoms with Crippen LogP contribution in [-0.4, -0.2) is 56.4 Å². The lowest BCUT2D eigenvalue weighted by molar-refractivity contribution is 0.0217. The fourth-order valence-electron chi connectivity index (χ4n) is 4.12. The van der Waals surface area contributed by atoms with Crippen molar-refractivity contribution in [3.05, 3.63) is 48.3 Å². The van der Waals surface area contributed by atoms with Crippen molar-refractivity contribution in [2.45, 2.75) is 31.0 Å². The van der Waals surface area contributed by atoms with Gasteiger partial charge >= 0.3 is 0 Å². The number of halogens is 1. The van der Waals surface area contributed by atoms with E-state index in [4.69, 9.17) is 4.74 Å². The Kier molecular flexibility index (Phi) is 4.50. The maximum atomic E-state index is 13.6. The minimum absolute atomic E-state index is 0.125. The Balaban J connectivity index is 1.31. The van der Waals surface area contributed by atoms with Crippen LogP contribution < -0.4 is 4.74 Å². The molecule has 0 aromatic carbocycles. The molecule has 2 aliphatic rings. The van der Waals surface area contributed by atoms with Gasteiger partial charge in [-0.1, -0.05) is 0 Å². The molecule has 0 amide bonds. The molecule has 4 rings (SSSR count). The molecule has 2 fully saturated rings. The van der Waals surface area contributed by atoms with Gasteiger partial charge in [-0.15, -0.1) is 0 Å². The number of aliphatic hydroxyl groups is 1. The Morgan fingerprint density at radius 1 is 1.31 bits per heavy atom. The SMILES string of the molecule is Oc1ccc(CCN2C[C@H]3C[C@H](Oc4cccnc4F)C[C@@]3(O)C2)nc1. The molecule has 7 heteroatoms. The Bertz CT molecular complexity index is 773. The molecule has 0 bridgehead atoms. The van der Waals surface area contributed by atoms with Crippen LogP contribution in [0, 0.1) is 11.9 Å². The lowest BCUT2D eigenvalue weighted by Gasteiger charge is -2.23. The van der Waals surface area contributed by atoms with E-state index in [-0.39, 0.29) is 23.5 Å². The number of fused-ring (bicyclic) bond motifs is 1. The third-order valence-corrected chi connectivity index (χ3v) is 5.38. The highest BCUT2D eigenvalue weighted by atomic mass is 19.1. The maximum absolute atomic E-state index is 13.6. The molecular weight excluding hydrogens is 337 g/mol. The number of hydrogen-bond acceptors (Lipinski definition) is 6. The summed E-state index contributed by atoms with van der Waals surface area (Å²) in [5, 5.41) is 20.3. The predicted octanol–water partition coefficient (Wildman–Crippen LogP) is 1.77. The van der Waals surface area contributed by atoms with Crippen LogP contribution >= 0.6 is 0 Å². The van der Waals surface area contributed by atoms with Crippen LogP contribution in [0.4, 0.5) is 4.39 Å². The summed E-state index contributed by atoms with van der Waals surface area (Å²) in [5.74, 6) is -0.175. The van der Waals surface area contributed by atoms with Gasteiger partial charge in [0.15, 0.2) is 5.75 Å². The summed E-state index contributed by atoms with van der Waals surface area (Å²) in [6.07, 6.45) is 4.62. The molecule has 6 nitrogen and oxygen atoms in total. The molecule has 26 heavy (non-hydrogen) atoms. The van der Waals surface area contributed by atoms with E-state index in [1.165, 1.54) is 12.4 Å². The zero-order valence-electron chi connectivity index (χ0n) is 14.4. The standard InChI is InChI=1S/C19H22FN3O3/c20-18-17(2-1-6-21-18)26-16-8-13-11-23(12-19(13,25)9-16)7-5-14-3-4-15(24)10-22-14/h1-4,6,10,13,16,24-25H,5,7-9,11-12H2/t13-,16+,19-/m1/s1. The number of aromatic nitrogens is 2. The van der Waals surface area contributed by atoms with Crippen LogP contribution in [0.1, 0.15) is 18.5 Å². The van der Waals surface area contributed by atoms with Gasteiger partial charge in [-0.3, -0.25) is 9.88 Å². The molecule has 0 spiro atoms. The van der Waals surface area contributed by atoms with Crippen LogP contribution in [0.2, 0.25) is 0 Å². The molecule has 3 atom stereocenters. The van der Waals surface area contributed by atoms with E-state index < -0.39 is 11.5 Å². The summed E-state index contributed by atoms with van der Waals surface area (Å²) >= 11 is 0. The van der Waals surface area contributed by atoms with Crippen LogP contribution in [0.3, 0.4) is 0 Å². The number of likely N-dealkylation sites (tertiary alicyclic amines) is 1. The van der Waals surface area contributed by atoms with Gasteiger partial charge in [0.1, 0.15) is 11.9 Å². The van der Waals surface area contributed by atoms with E-state index in [0.29, 0.717) is 19.4 Å². The van der Waals surface area contributed by atoms with Crippen LogP contribution in [0.25, 0.3) is 0 Å². The highest BCUT2D eigenvalue weighted by Gasteiger charge is 2.52. The molecule has 0 radical (unpaired) electrons. The minimum Gasteiger partial charge on any atom is -0.506 e. The molecule has 1 saturated heterocycles. The molecule has 3 heterocycles. The summed E-state index contributed by atoms with van der Waals surface area (Å²) in [6, 6.07) is 6.65. The quantitative estimate of drug-likeness (QED) is 0.792. The Labute approximate surface area is 151 Å². The van der Waals surface area contributed by atoms with Crippen molar-refractivity contribution in [3.8, 4) is 11.5 Å². The summed E-state index contributed by atoms with van der Waals surface area (Å²) < 4.78 is 19.4. The fourth-order valence-corrected chi connectivity index (χ4v) is 4.12. The highest BCUT2D eigenvalue weighted by Crippen LogP contribution is 2.43. The molecule has 0 unspecified atom stereocenters. The molecular formula is C19H22FN3O3. The first kappa shape index (κ1) is 17.2. The molecule has 2 N–H and O–H groups in total. The number of β-amino-alcohol motifs (C(OH)–C–C–N with tert-alkyl or cyclic N) is 1.